The minimum atomic E-state index is 0.394. The number of allylic oxidation sites excluding steroid dienone is 5. The quantitative estimate of drug-likeness (QED) is 0.651. The van der Waals surface area contributed by atoms with Crippen LogP contribution in [-0.2, 0) is 0 Å². The van der Waals surface area contributed by atoms with E-state index >= 15 is 0 Å². The van der Waals surface area contributed by atoms with Crippen molar-refractivity contribution in [2.45, 2.75) is 27.2 Å². The zero-order valence-corrected chi connectivity index (χ0v) is 13.4. The van der Waals surface area contributed by atoms with E-state index in [-0.39, 0.29) is 0 Å². The predicted molar refractivity (Wildman–Crippen MR) is 92.7 cm³/mol. The van der Waals surface area contributed by atoms with E-state index in [1.54, 1.807) is 0 Å². The molecule has 0 aromatic carbocycles. The first-order valence-electron chi connectivity index (χ1n) is 7.41. The fraction of sp³-hybridized carbons (Fsp3) is 0.316. The normalized spacial score (nSPS) is 13.1. The Morgan fingerprint density at radius 1 is 1.38 bits per heavy atom. The summed E-state index contributed by atoms with van der Waals surface area (Å²) in [6.45, 7) is 15.0. The molecule has 0 spiro atoms. The van der Waals surface area contributed by atoms with Gasteiger partial charge >= 0.3 is 0 Å². The lowest BCUT2D eigenvalue weighted by Gasteiger charge is -2.13. The van der Waals surface area contributed by atoms with Crippen LogP contribution in [0.5, 0.6) is 0 Å². The molecule has 1 aromatic rings. The molecule has 0 atom stereocenters. The van der Waals surface area contributed by atoms with Gasteiger partial charge in [0, 0.05) is 18.4 Å². The van der Waals surface area contributed by atoms with Crippen molar-refractivity contribution in [1.29, 1.82) is 0 Å². The summed E-state index contributed by atoms with van der Waals surface area (Å²) in [7, 11) is 0. The van der Waals surface area contributed by atoms with Crippen molar-refractivity contribution in [3.8, 4) is 0 Å². The van der Waals surface area contributed by atoms with Crippen molar-refractivity contribution in [2.75, 3.05) is 6.54 Å². The SMILES string of the molecule is C=C/C=C(\C=C/C)CCN=c1ccccn1C(=C)C(C)C. The average Bonchev–Trinajstić information content (AvgIpc) is 2.47. The van der Waals surface area contributed by atoms with E-state index < -0.39 is 0 Å². The topological polar surface area (TPSA) is 17.3 Å². The van der Waals surface area contributed by atoms with Gasteiger partial charge in [0.25, 0.3) is 0 Å². The molecule has 0 radical (unpaired) electrons. The van der Waals surface area contributed by atoms with Crippen LogP contribution in [0, 0.1) is 5.92 Å². The van der Waals surface area contributed by atoms with E-state index in [2.05, 4.69) is 37.6 Å². The second-order valence-corrected chi connectivity index (χ2v) is 5.18. The molecule has 1 heterocycles. The predicted octanol–water partition coefficient (Wildman–Crippen LogP) is 4.59. The average molecular weight is 282 g/mol. The summed E-state index contributed by atoms with van der Waals surface area (Å²) >= 11 is 0. The summed E-state index contributed by atoms with van der Waals surface area (Å²) in [5, 5.41) is 0. The number of nitrogens with zero attached hydrogens (tertiary/aromatic N) is 2. The van der Waals surface area contributed by atoms with E-state index in [4.69, 9.17) is 4.99 Å². The highest BCUT2D eigenvalue weighted by atomic mass is 15.0. The van der Waals surface area contributed by atoms with E-state index in [1.807, 2.05) is 49.5 Å². The van der Waals surface area contributed by atoms with Gasteiger partial charge in [-0.25, -0.2) is 0 Å². The van der Waals surface area contributed by atoms with Crippen LogP contribution in [0.2, 0.25) is 0 Å². The van der Waals surface area contributed by atoms with Gasteiger partial charge in [-0.05, 0) is 37.0 Å². The molecule has 0 N–H and O–H groups in total. The summed E-state index contributed by atoms with van der Waals surface area (Å²) in [6, 6.07) is 6.05. The summed E-state index contributed by atoms with van der Waals surface area (Å²) in [6.07, 6.45) is 10.9. The van der Waals surface area contributed by atoms with Crippen molar-refractivity contribution in [3.63, 3.8) is 0 Å². The van der Waals surface area contributed by atoms with E-state index in [0.29, 0.717) is 5.92 Å². The minimum absolute atomic E-state index is 0.394. The van der Waals surface area contributed by atoms with Gasteiger partial charge in [0.05, 0.1) is 0 Å². The first-order chi connectivity index (χ1) is 10.1. The summed E-state index contributed by atoms with van der Waals surface area (Å²) in [5.74, 6) is 0.394. The van der Waals surface area contributed by atoms with E-state index in [9.17, 15) is 0 Å². The number of pyridine rings is 1. The molecule has 0 aliphatic carbocycles. The molecule has 0 fully saturated rings. The highest BCUT2D eigenvalue weighted by Gasteiger charge is 2.02. The molecular weight excluding hydrogens is 256 g/mol. The van der Waals surface area contributed by atoms with Gasteiger partial charge in [-0.2, -0.15) is 0 Å². The molecule has 21 heavy (non-hydrogen) atoms. The summed E-state index contributed by atoms with van der Waals surface area (Å²) in [5.41, 5.74) is 3.25. The minimum Gasteiger partial charge on any atom is -0.306 e. The molecular formula is C19H26N2. The highest BCUT2D eigenvalue weighted by Crippen LogP contribution is 2.10. The van der Waals surface area contributed by atoms with Crippen molar-refractivity contribution >= 4 is 5.70 Å². The molecule has 2 nitrogen and oxygen atoms in total. The largest absolute Gasteiger partial charge is 0.306 e. The van der Waals surface area contributed by atoms with Gasteiger partial charge in [0.1, 0.15) is 5.49 Å². The Hall–Kier alpha value is -2.09. The second kappa shape index (κ2) is 8.96. The fourth-order valence-corrected chi connectivity index (χ4v) is 1.97. The van der Waals surface area contributed by atoms with Gasteiger partial charge in [0.15, 0.2) is 0 Å². The van der Waals surface area contributed by atoms with Gasteiger partial charge < -0.3 is 4.57 Å². The third kappa shape index (κ3) is 5.42. The Balaban J connectivity index is 2.94. The lowest BCUT2D eigenvalue weighted by Crippen LogP contribution is -2.21. The second-order valence-electron chi connectivity index (χ2n) is 5.18. The molecule has 1 rings (SSSR count). The monoisotopic (exact) mass is 282 g/mol. The Morgan fingerprint density at radius 3 is 2.76 bits per heavy atom. The Kier molecular flexibility index (Phi) is 7.24. The van der Waals surface area contributed by atoms with Crippen molar-refractivity contribution in [2.24, 2.45) is 10.9 Å². The van der Waals surface area contributed by atoms with Crippen LogP contribution < -0.4 is 5.49 Å². The molecule has 0 saturated carbocycles. The standard InChI is InChI=1S/C19H26N2/c1-6-10-18(11-7-2)13-14-20-19-12-8-9-15-21(19)17(5)16(3)4/h6-12,15-16H,1,5,13-14H2,2-4H3/b11-7-,18-10+,20-19?. The van der Waals surface area contributed by atoms with Gasteiger partial charge in [-0.15, -0.1) is 0 Å². The molecule has 0 amide bonds. The first kappa shape index (κ1) is 17.0. The molecule has 0 bridgehead atoms. The molecule has 0 saturated heterocycles. The third-order valence-electron chi connectivity index (χ3n) is 3.20. The molecule has 0 unspecified atom stereocenters. The van der Waals surface area contributed by atoms with Crippen LogP contribution in [0.4, 0.5) is 0 Å². The fourth-order valence-electron chi connectivity index (χ4n) is 1.97. The van der Waals surface area contributed by atoms with Crippen molar-refractivity contribution < 1.29 is 0 Å². The van der Waals surface area contributed by atoms with Crippen LogP contribution in [0.1, 0.15) is 27.2 Å². The Bertz CT molecular complexity index is 598. The maximum Gasteiger partial charge on any atom is 0.131 e. The van der Waals surface area contributed by atoms with Crippen LogP contribution in [0.15, 0.2) is 72.4 Å². The summed E-state index contributed by atoms with van der Waals surface area (Å²) < 4.78 is 2.07. The number of hydrogen-bond acceptors (Lipinski definition) is 1. The zero-order chi connectivity index (χ0) is 15.7. The van der Waals surface area contributed by atoms with Crippen molar-refractivity contribution in [1.82, 2.24) is 4.57 Å². The molecule has 0 aliphatic rings. The lowest BCUT2D eigenvalue weighted by atomic mass is 10.1. The van der Waals surface area contributed by atoms with Gasteiger partial charge in [-0.1, -0.05) is 57.4 Å². The first-order valence-corrected chi connectivity index (χ1v) is 7.41. The third-order valence-corrected chi connectivity index (χ3v) is 3.20. The lowest BCUT2D eigenvalue weighted by molar-refractivity contribution is 0.763. The molecule has 112 valence electrons. The van der Waals surface area contributed by atoms with Crippen LogP contribution in [-0.4, -0.2) is 11.1 Å². The van der Waals surface area contributed by atoms with Crippen LogP contribution in [0.3, 0.4) is 0 Å². The Labute approximate surface area is 128 Å². The van der Waals surface area contributed by atoms with E-state index in [0.717, 1.165) is 24.2 Å². The molecule has 2 heteroatoms. The highest BCUT2D eigenvalue weighted by molar-refractivity contribution is 5.42. The maximum atomic E-state index is 4.71. The number of hydrogen-bond donors (Lipinski definition) is 0. The van der Waals surface area contributed by atoms with Gasteiger partial charge in [-0.3, -0.25) is 4.99 Å². The summed E-state index contributed by atoms with van der Waals surface area (Å²) in [4.78, 5) is 4.71. The maximum absolute atomic E-state index is 4.71. The number of aromatic nitrogens is 1. The number of rotatable bonds is 7. The zero-order valence-electron chi connectivity index (χ0n) is 13.4. The smallest absolute Gasteiger partial charge is 0.131 e. The van der Waals surface area contributed by atoms with Gasteiger partial charge in [0.2, 0.25) is 0 Å². The van der Waals surface area contributed by atoms with Crippen LogP contribution in [0.25, 0.3) is 5.70 Å². The molecule has 0 aliphatic heterocycles. The Morgan fingerprint density at radius 2 is 2.14 bits per heavy atom. The van der Waals surface area contributed by atoms with Crippen LogP contribution >= 0.6 is 0 Å². The van der Waals surface area contributed by atoms with E-state index in [1.165, 1.54) is 5.57 Å². The molecule has 1 aromatic heterocycles. The van der Waals surface area contributed by atoms with Crippen molar-refractivity contribution in [3.05, 3.63) is 72.9 Å².